The van der Waals surface area contributed by atoms with Crippen LogP contribution in [0.1, 0.15) is 63.2 Å². The van der Waals surface area contributed by atoms with Crippen molar-refractivity contribution in [3.05, 3.63) is 11.7 Å². The van der Waals surface area contributed by atoms with Gasteiger partial charge in [-0.15, -0.1) is 12.4 Å². The van der Waals surface area contributed by atoms with Gasteiger partial charge in [-0.05, 0) is 31.6 Å². The first-order valence-electron chi connectivity index (χ1n) is 8.08. The van der Waals surface area contributed by atoms with Crippen molar-refractivity contribution in [3.8, 4) is 0 Å². The Hall–Kier alpha value is -1.18. The molecule has 3 atom stereocenters. The van der Waals surface area contributed by atoms with Crippen molar-refractivity contribution in [1.82, 2.24) is 15.5 Å². The highest BCUT2D eigenvalue weighted by Gasteiger charge is 2.35. The molecule has 8 heteroatoms. The van der Waals surface area contributed by atoms with Gasteiger partial charge < -0.3 is 20.3 Å². The van der Waals surface area contributed by atoms with Crippen molar-refractivity contribution in [3.63, 3.8) is 0 Å². The summed E-state index contributed by atoms with van der Waals surface area (Å²) in [4.78, 5) is 16.8. The highest BCUT2D eigenvalue weighted by Crippen LogP contribution is 2.38. The summed E-state index contributed by atoms with van der Waals surface area (Å²) in [6.45, 7) is 4.49. The van der Waals surface area contributed by atoms with Crippen LogP contribution >= 0.6 is 12.4 Å². The summed E-state index contributed by atoms with van der Waals surface area (Å²) < 4.78 is 11.0. The largest absolute Gasteiger partial charge is 0.364 e. The summed E-state index contributed by atoms with van der Waals surface area (Å²) in [5.74, 6) is 1.71. The molecular weight excluding hydrogens is 320 g/mol. The van der Waals surface area contributed by atoms with Gasteiger partial charge in [0.2, 0.25) is 11.8 Å². The van der Waals surface area contributed by atoms with Gasteiger partial charge in [-0.25, -0.2) is 0 Å². The van der Waals surface area contributed by atoms with Crippen molar-refractivity contribution >= 4 is 18.3 Å². The zero-order valence-corrected chi connectivity index (χ0v) is 14.3. The lowest BCUT2D eigenvalue weighted by Gasteiger charge is -2.21. The van der Waals surface area contributed by atoms with E-state index in [1.165, 1.54) is 0 Å². The van der Waals surface area contributed by atoms with E-state index >= 15 is 0 Å². The Morgan fingerprint density at radius 2 is 2.09 bits per heavy atom. The summed E-state index contributed by atoms with van der Waals surface area (Å²) in [5, 5.41) is 7.02. The maximum Gasteiger partial charge on any atom is 0.249 e. The second-order valence-corrected chi connectivity index (χ2v) is 6.56. The van der Waals surface area contributed by atoms with Crippen LogP contribution in [0.25, 0.3) is 0 Å². The SMILES string of the molecule is CC(C)C(NC(=O)[C@@H]1CC[C@H](CN)O1)c1nc(C2CC2)no1.Cl. The number of ether oxygens (including phenoxy) is 1. The topological polar surface area (TPSA) is 103 Å². The number of nitrogens with two attached hydrogens (primary N) is 1. The highest BCUT2D eigenvalue weighted by molar-refractivity contribution is 5.85. The fraction of sp³-hybridized carbons (Fsp3) is 0.800. The Labute approximate surface area is 142 Å². The lowest BCUT2D eigenvalue weighted by atomic mass is 10.0. The van der Waals surface area contributed by atoms with Crippen molar-refractivity contribution < 1.29 is 14.1 Å². The van der Waals surface area contributed by atoms with Crippen LogP contribution in [0.3, 0.4) is 0 Å². The third-order valence-corrected chi connectivity index (χ3v) is 4.29. The zero-order chi connectivity index (χ0) is 15.7. The second kappa shape index (κ2) is 7.59. The van der Waals surface area contributed by atoms with Crippen LogP contribution in [-0.2, 0) is 9.53 Å². The fourth-order valence-corrected chi connectivity index (χ4v) is 2.71. The molecule has 1 aliphatic heterocycles. The van der Waals surface area contributed by atoms with E-state index in [9.17, 15) is 4.79 Å². The maximum atomic E-state index is 12.4. The van der Waals surface area contributed by atoms with Crippen LogP contribution in [0.15, 0.2) is 4.52 Å². The summed E-state index contributed by atoms with van der Waals surface area (Å²) in [6.07, 6.45) is 3.32. The van der Waals surface area contributed by atoms with Crippen molar-refractivity contribution in [1.29, 1.82) is 0 Å². The van der Waals surface area contributed by atoms with Gasteiger partial charge in [0, 0.05) is 12.5 Å². The average molecular weight is 345 g/mol. The molecule has 1 saturated heterocycles. The number of nitrogens with zero attached hydrogens (tertiary/aromatic N) is 2. The lowest BCUT2D eigenvalue weighted by Crippen LogP contribution is -2.39. The van der Waals surface area contributed by atoms with Crippen molar-refractivity contribution in [2.45, 2.75) is 63.7 Å². The Balaban J connectivity index is 0.00000192. The molecule has 23 heavy (non-hydrogen) atoms. The highest BCUT2D eigenvalue weighted by atomic mass is 35.5. The maximum absolute atomic E-state index is 12.4. The second-order valence-electron chi connectivity index (χ2n) is 6.56. The summed E-state index contributed by atoms with van der Waals surface area (Å²) >= 11 is 0. The molecule has 0 radical (unpaired) electrons. The predicted molar refractivity (Wildman–Crippen MR) is 86.2 cm³/mol. The minimum Gasteiger partial charge on any atom is -0.364 e. The summed E-state index contributed by atoms with van der Waals surface area (Å²) in [7, 11) is 0. The number of halogens is 1. The van der Waals surface area contributed by atoms with E-state index in [4.69, 9.17) is 15.0 Å². The molecule has 0 spiro atoms. The molecule has 130 valence electrons. The first kappa shape index (κ1) is 18.2. The Kier molecular flexibility index (Phi) is 6.00. The molecular formula is C15H25ClN4O3. The molecule has 7 nitrogen and oxygen atoms in total. The molecule has 1 aromatic rings. The predicted octanol–water partition coefficient (Wildman–Crippen LogP) is 1.69. The van der Waals surface area contributed by atoms with Crippen molar-refractivity contribution in [2.75, 3.05) is 6.54 Å². The van der Waals surface area contributed by atoms with Crippen LogP contribution in [0, 0.1) is 5.92 Å². The van der Waals surface area contributed by atoms with E-state index in [1.54, 1.807) is 0 Å². The van der Waals surface area contributed by atoms with E-state index < -0.39 is 6.10 Å². The molecule has 2 heterocycles. The van der Waals surface area contributed by atoms with Gasteiger partial charge in [0.15, 0.2) is 5.82 Å². The van der Waals surface area contributed by atoms with Gasteiger partial charge in [-0.2, -0.15) is 4.98 Å². The van der Waals surface area contributed by atoms with Crippen molar-refractivity contribution in [2.24, 2.45) is 11.7 Å². The first-order chi connectivity index (χ1) is 10.6. The number of carbonyl (C=O) groups is 1. The lowest BCUT2D eigenvalue weighted by molar-refractivity contribution is -0.133. The van der Waals surface area contributed by atoms with Crippen LogP contribution < -0.4 is 11.1 Å². The molecule has 1 saturated carbocycles. The van der Waals surface area contributed by atoms with Crippen LogP contribution in [0.4, 0.5) is 0 Å². The number of hydrogen-bond donors (Lipinski definition) is 2. The van der Waals surface area contributed by atoms with E-state index in [1.807, 2.05) is 13.8 Å². The van der Waals surface area contributed by atoms with Gasteiger partial charge in [0.05, 0.1) is 6.10 Å². The van der Waals surface area contributed by atoms with Gasteiger partial charge in [0.1, 0.15) is 12.1 Å². The number of nitrogens with one attached hydrogen (secondary N) is 1. The third-order valence-electron chi connectivity index (χ3n) is 4.29. The number of aromatic nitrogens is 2. The van der Waals surface area contributed by atoms with E-state index in [2.05, 4.69) is 15.5 Å². The molecule has 1 aromatic heterocycles. The number of carbonyl (C=O) groups excluding carboxylic acids is 1. The molecule has 1 unspecified atom stereocenters. The molecule has 2 aliphatic rings. The standard InChI is InChI=1S/C15H24N4O3.ClH/c1-8(2)12(15-18-13(19-22-15)9-3-4-9)17-14(20)11-6-5-10(7-16)21-11;/h8-12H,3-7,16H2,1-2H3,(H,17,20);1H/t10-,11+,12?;/m1./s1. The fourth-order valence-electron chi connectivity index (χ4n) is 2.71. The summed E-state index contributed by atoms with van der Waals surface area (Å²) in [5.41, 5.74) is 5.58. The Bertz CT molecular complexity index is 533. The molecule has 3 N–H and O–H groups in total. The van der Waals surface area contributed by atoms with Gasteiger partial charge in [0.25, 0.3) is 0 Å². The monoisotopic (exact) mass is 344 g/mol. The average Bonchev–Trinajstić information content (AvgIpc) is 3.04. The quantitative estimate of drug-likeness (QED) is 0.813. The third kappa shape index (κ3) is 4.22. The molecule has 1 amide bonds. The molecule has 0 bridgehead atoms. The van der Waals surface area contributed by atoms with Crippen LogP contribution in [-0.4, -0.2) is 34.8 Å². The minimum absolute atomic E-state index is 0. The van der Waals surface area contributed by atoms with Crippen LogP contribution in [0.2, 0.25) is 0 Å². The van der Waals surface area contributed by atoms with Gasteiger partial charge in [-0.3, -0.25) is 4.79 Å². The normalized spacial score (nSPS) is 25.2. The molecule has 3 rings (SSSR count). The number of amides is 1. The zero-order valence-electron chi connectivity index (χ0n) is 13.5. The first-order valence-corrected chi connectivity index (χ1v) is 8.08. The smallest absolute Gasteiger partial charge is 0.249 e. The molecule has 0 aromatic carbocycles. The summed E-state index contributed by atoms with van der Waals surface area (Å²) in [6, 6.07) is -0.284. The van der Waals surface area contributed by atoms with E-state index in [0.717, 1.165) is 25.1 Å². The van der Waals surface area contributed by atoms with Crippen LogP contribution in [0.5, 0.6) is 0 Å². The molecule has 1 aliphatic carbocycles. The molecule has 2 fully saturated rings. The van der Waals surface area contributed by atoms with Gasteiger partial charge in [-0.1, -0.05) is 19.0 Å². The minimum atomic E-state index is -0.430. The number of hydrogen-bond acceptors (Lipinski definition) is 6. The van der Waals surface area contributed by atoms with E-state index in [-0.39, 0.29) is 36.4 Å². The Morgan fingerprint density at radius 3 is 2.65 bits per heavy atom. The Morgan fingerprint density at radius 1 is 1.35 bits per heavy atom. The van der Waals surface area contributed by atoms with E-state index in [0.29, 0.717) is 24.8 Å². The number of rotatable bonds is 6. The van der Waals surface area contributed by atoms with Gasteiger partial charge >= 0.3 is 0 Å².